The second-order valence-electron chi connectivity index (χ2n) is 7.19. The standard InChI is InChI=1S/C18H27NO2/c1-18(2,3)13-17(20)19-11-9-15(10-12-19)14-21-16-7-5-4-6-8-16/h4-8,15H,9-14H2,1-3H3. The van der Waals surface area contributed by atoms with E-state index in [4.69, 9.17) is 4.74 Å². The van der Waals surface area contributed by atoms with Gasteiger partial charge in [0, 0.05) is 19.5 Å². The van der Waals surface area contributed by atoms with Crippen molar-refractivity contribution in [2.24, 2.45) is 11.3 Å². The van der Waals surface area contributed by atoms with Crippen LogP contribution in [0.1, 0.15) is 40.0 Å². The minimum absolute atomic E-state index is 0.0738. The topological polar surface area (TPSA) is 29.5 Å². The molecule has 0 atom stereocenters. The number of carbonyl (C=O) groups excluding carboxylic acids is 1. The van der Waals surface area contributed by atoms with Gasteiger partial charge in [-0.05, 0) is 36.3 Å². The Morgan fingerprint density at radius 1 is 1.19 bits per heavy atom. The van der Waals surface area contributed by atoms with Gasteiger partial charge < -0.3 is 9.64 Å². The van der Waals surface area contributed by atoms with Crippen molar-refractivity contribution in [1.82, 2.24) is 4.90 Å². The van der Waals surface area contributed by atoms with Crippen molar-refractivity contribution < 1.29 is 9.53 Å². The van der Waals surface area contributed by atoms with Crippen LogP contribution in [0.25, 0.3) is 0 Å². The van der Waals surface area contributed by atoms with Crippen LogP contribution in [-0.2, 0) is 4.79 Å². The van der Waals surface area contributed by atoms with E-state index in [1.54, 1.807) is 0 Å². The van der Waals surface area contributed by atoms with Crippen molar-refractivity contribution >= 4 is 5.91 Å². The first-order chi connectivity index (χ1) is 9.94. The normalized spacial score (nSPS) is 16.8. The Morgan fingerprint density at radius 2 is 1.81 bits per heavy atom. The van der Waals surface area contributed by atoms with Gasteiger partial charge in [-0.15, -0.1) is 0 Å². The van der Waals surface area contributed by atoms with Crippen molar-refractivity contribution in [3.05, 3.63) is 30.3 Å². The average Bonchev–Trinajstić information content (AvgIpc) is 2.45. The number of rotatable bonds is 4. The van der Waals surface area contributed by atoms with E-state index >= 15 is 0 Å². The number of hydrogen-bond acceptors (Lipinski definition) is 2. The number of piperidine rings is 1. The lowest BCUT2D eigenvalue weighted by Crippen LogP contribution is -2.40. The zero-order valence-electron chi connectivity index (χ0n) is 13.5. The summed E-state index contributed by atoms with van der Waals surface area (Å²) in [5, 5.41) is 0. The molecule has 3 heteroatoms. The lowest BCUT2D eigenvalue weighted by atomic mass is 9.90. The van der Waals surface area contributed by atoms with Gasteiger partial charge in [-0.25, -0.2) is 0 Å². The SMILES string of the molecule is CC(C)(C)CC(=O)N1CCC(COc2ccccc2)CC1. The first-order valence-corrected chi connectivity index (χ1v) is 7.90. The lowest BCUT2D eigenvalue weighted by Gasteiger charge is -2.33. The van der Waals surface area contributed by atoms with Crippen LogP contribution in [0.3, 0.4) is 0 Å². The summed E-state index contributed by atoms with van der Waals surface area (Å²) in [7, 11) is 0. The molecule has 21 heavy (non-hydrogen) atoms. The predicted molar refractivity (Wildman–Crippen MR) is 85.3 cm³/mol. The first-order valence-electron chi connectivity index (χ1n) is 7.90. The van der Waals surface area contributed by atoms with Crippen LogP contribution < -0.4 is 4.74 Å². The van der Waals surface area contributed by atoms with Crippen molar-refractivity contribution in [1.29, 1.82) is 0 Å². The Labute approximate surface area is 128 Å². The van der Waals surface area contributed by atoms with E-state index in [2.05, 4.69) is 20.8 Å². The number of amides is 1. The molecule has 116 valence electrons. The molecule has 0 aromatic heterocycles. The molecular formula is C18H27NO2. The molecule has 0 spiro atoms. The maximum Gasteiger partial charge on any atom is 0.223 e. The zero-order chi connectivity index (χ0) is 15.3. The molecule has 1 aliphatic heterocycles. The van der Waals surface area contributed by atoms with Crippen molar-refractivity contribution in [3.63, 3.8) is 0 Å². The monoisotopic (exact) mass is 289 g/mol. The average molecular weight is 289 g/mol. The van der Waals surface area contributed by atoms with Gasteiger partial charge in [0.05, 0.1) is 6.61 Å². The number of hydrogen-bond donors (Lipinski definition) is 0. The van der Waals surface area contributed by atoms with Gasteiger partial charge in [-0.2, -0.15) is 0 Å². The van der Waals surface area contributed by atoms with Crippen LogP contribution in [0, 0.1) is 11.3 Å². The second-order valence-corrected chi connectivity index (χ2v) is 7.19. The number of para-hydroxylation sites is 1. The van der Waals surface area contributed by atoms with E-state index in [9.17, 15) is 4.79 Å². The maximum atomic E-state index is 12.2. The molecule has 1 heterocycles. The summed E-state index contributed by atoms with van der Waals surface area (Å²) in [5.41, 5.74) is 0.0738. The van der Waals surface area contributed by atoms with Crippen LogP contribution in [0.2, 0.25) is 0 Å². The van der Waals surface area contributed by atoms with E-state index in [-0.39, 0.29) is 5.41 Å². The van der Waals surface area contributed by atoms with Gasteiger partial charge >= 0.3 is 0 Å². The minimum Gasteiger partial charge on any atom is -0.493 e. The summed E-state index contributed by atoms with van der Waals surface area (Å²) in [6, 6.07) is 9.95. The Kier molecular flexibility index (Phi) is 5.27. The van der Waals surface area contributed by atoms with Crippen molar-refractivity contribution in [2.45, 2.75) is 40.0 Å². The van der Waals surface area contributed by atoms with Crippen molar-refractivity contribution in [2.75, 3.05) is 19.7 Å². The highest BCUT2D eigenvalue weighted by Crippen LogP contribution is 2.24. The third-order valence-corrected chi connectivity index (χ3v) is 3.88. The van der Waals surface area contributed by atoms with Crippen LogP contribution in [0.15, 0.2) is 30.3 Å². The number of ether oxygens (including phenoxy) is 1. The molecule has 0 radical (unpaired) electrons. The Hall–Kier alpha value is -1.51. The molecule has 1 aliphatic rings. The molecular weight excluding hydrogens is 262 g/mol. The summed E-state index contributed by atoms with van der Waals surface area (Å²) >= 11 is 0. The van der Waals surface area contributed by atoms with Crippen LogP contribution in [0.5, 0.6) is 5.75 Å². The van der Waals surface area contributed by atoms with Gasteiger partial charge in [-0.3, -0.25) is 4.79 Å². The Morgan fingerprint density at radius 3 is 2.38 bits per heavy atom. The number of carbonyl (C=O) groups is 1. The molecule has 0 N–H and O–H groups in total. The molecule has 0 saturated carbocycles. The maximum absolute atomic E-state index is 12.2. The highest BCUT2D eigenvalue weighted by Gasteiger charge is 2.26. The summed E-state index contributed by atoms with van der Waals surface area (Å²) in [4.78, 5) is 14.2. The fourth-order valence-corrected chi connectivity index (χ4v) is 2.65. The number of likely N-dealkylation sites (tertiary alicyclic amines) is 1. The van der Waals surface area contributed by atoms with E-state index in [1.807, 2.05) is 35.2 Å². The second kappa shape index (κ2) is 6.97. The highest BCUT2D eigenvalue weighted by atomic mass is 16.5. The summed E-state index contributed by atoms with van der Waals surface area (Å²) in [6.07, 6.45) is 2.73. The van der Waals surface area contributed by atoms with E-state index < -0.39 is 0 Å². The van der Waals surface area contributed by atoms with Gasteiger partial charge in [0.15, 0.2) is 0 Å². The van der Waals surface area contributed by atoms with Gasteiger partial charge in [0.25, 0.3) is 0 Å². The first kappa shape index (κ1) is 15.9. The van der Waals surface area contributed by atoms with E-state index in [0.29, 0.717) is 18.2 Å². The summed E-state index contributed by atoms with van der Waals surface area (Å²) in [6.45, 7) is 8.85. The van der Waals surface area contributed by atoms with E-state index in [0.717, 1.165) is 38.3 Å². The molecule has 1 fully saturated rings. The quantitative estimate of drug-likeness (QED) is 0.845. The van der Waals surface area contributed by atoms with Crippen LogP contribution >= 0.6 is 0 Å². The predicted octanol–water partition coefficient (Wildman–Crippen LogP) is 3.74. The number of benzene rings is 1. The molecule has 1 aromatic carbocycles. The summed E-state index contributed by atoms with van der Waals surface area (Å²) < 4.78 is 5.82. The zero-order valence-corrected chi connectivity index (χ0v) is 13.5. The molecule has 0 unspecified atom stereocenters. The molecule has 0 aliphatic carbocycles. The fraction of sp³-hybridized carbons (Fsp3) is 0.611. The number of nitrogens with zero attached hydrogens (tertiary/aromatic N) is 1. The lowest BCUT2D eigenvalue weighted by molar-refractivity contribution is -0.134. The van der Waals surface area contributed by atoms with Crippen LogP contribution in [0.4, 0.5) is 0 Å². The van der Waals surface area contributed by atoms with Gasteiger partial charge in [-0.1, -0.05) is 39.0 Å². The summed E-state index contributed by atoms with van der Waals surface area (Å²) in [5.74, 6) is 1.79. The molecule has 2 rings (SSSR count). The largest absolute Gasteiger partial charge is 0.493 e. The fourth-order valence-electron chi connectivity index (χ4n) is 2.65. The molecule has 0 bridgehead atoms. The molecule has 1 amide bonds. The van der Waals surface area contributed by atoms with Gasteiger partial charge in [0.1, 0.15) is 5.75 Å². The van der Waals surface area contributed by atoms with Crippen LogP contribution in [-0.4, -0.2) is 30.5 Å². The van der Waals surface area contributed by atoms with Gasteiger partial charge in [0.2, 0.25) is 5.91 Å². The van der Waals surface area contributed by atoms with E-state index in [1.165, 1.54) is 0 Å². The Bertz CT molecular complexity index is 442. The van der Waals surface area contributed by atoms with Crippen molar-refractivity contribution in [3.8, 4) is 5.75 Å². The Balaban J connectivity index is 1.72. The minimum atomic E-state index is 0.0738. The molecule has 3 nitrogen and oxygen atoms in total. The third-order valence-electron chi connectivity index (χ3n) is 3.88. The molecule has 1 saturated heterocycles. The molecule has 1 aromatic rings. The smallest absolute Gasteiger partial charge is 0.223 e. The third kappa shape index (κ3) is 5.41. The highest BCUT2D eigenvalue weighted by molar-refractivity contribution is 5.76.